The highest BCUT2D eigenvalue weighted by molar-refractivity contribution is 5.95. The van der Waals surface area contributed by atoms with E-state index < -0.39 is 4.92 Å². The maximum atomic E-state index is 11.9. The lowest BCUT2D eigenvalue weighted by molar-refractivity contribution is -0.384. The lowest BCUT2D eigenvalue weighted by Gasteiger charge is -2.19. The molecule has 0 N–H and O–H groups in total. The van der Waals surface area contributed by atoms with Gasteiger partial charge in [0.1, 0.15) is 5.69 Å². The molecule has 0 saturated carbocycles. The molecule has 106 valence electrons. The minimum atomic E-state index is -0.498. The van der Waals surface area contributed by atoms with E-state index in [9.17, 15) is 14.9 Å². The van der Waals surface area contributed by atoms with Crippen LogP contribution in [0.3, 0.4) is 0 Å². The minimum absolute atomic E-state index is 0.0826. The Balaban J connectivity index is 3.22. The topological polar surface area (TPSA) is 90.5 Å². The first kappa shape index (κ1) is 15.4. The van der Waals surface area contributed by atoms with Crippen LogP contribution in [0.15, 0.2) is 18.2 Å². The van der Waals surface area contributed by atoms with Crippen LogP contribution >= 0.6 is 0 Å². The van der Waals surface area contributed by atoms with Crippen molar-refractivity contribution >= 4 is 17.3 Å². The number of anilines is 1. The molecule has 7 nitrogen and oxygen atoms in total. The van der Waals surface area contributed by atoms with E-state index in [0.717, 1.165) is 0 Å². The second-order valence-electron chi connectivity index (χ2n) is 4.49. The van der Waals surface area contributed by atoms with Crippen LogP contribution in [0.4, 0.5) is 11.4 Å². The fourth-order valence-electron chi connectivity index (χ4n) is 1.71. The van der Waals surface area contributed by atoms with E-state index in [1.807, 2.05) is 6.07 Å². The second-order valence-corrected chi connectivity index (χ2v) is 4.49. The lowest BCUT2D eigenvalue weighted by atomic mass is 10.1. The van der Waals surface area contributed by atoms with E-state index in [2.05, 4.69) is 0 Å². The molecule has 1 rings (SSSR count). The van der Waals surface area contributed by atoms with E-state index in [1.165, 1.54) is 23.1 Å². The van der Waals surface area contributed by atoms with Crippen molar-refractivity contribution in [2.24, 2.45) is 0 Å². The van der Waals surface area contributed by atoms with Gasteiger partial charge >= 0.3 is 0 Å². The Kier molecular flexibility index (Phi) is 5.03. The van der Waals surface area contributed by atoms with Gasteiger partial charge in [0.2, 0.25) is 0 Å². The highest BCUT2D eigenvalue weighted by atomic mass is 16.6. The van der Waals surface area contributed by atoms with Gasteiger partial charge in [-0.25, -0.2) is 0 Å². The van der Waals surface area contributed by atoms with Gasteiger partial charge in [-0.2, -0.15) is 5.26 Å². The van der Waals surface area contributed by atoms with E-state index in [0.29, 0.717) is 17.8 Å². The summed E-state index contributed by atoms with van der Waals surface area (Å²) in [6, 6.07) is 6.22. The highest BCUT2D eigenvalue weighted by Gasteiger charge is 2.20. The van der Waals surface area contributed by atoms with Gasteiger partial charge in [0.05, 0.1) is 17.4 Å². The van der Waals surface area contributed by atoms with E-state index in [4.69, 9.17) is 5.26 Å². The van der Waals surface area contributed by atoms with E-state index in [1.54, 1.807) is 26.0 Å². The Morgan fingerprint density at radius 2 is 2.05 bits per heavy atom. The Hall–Kier alpha value is -2.62. The lowest BCUT2D eigenvalue weighted by Crippen LogP contribution is -2.23. The number of benzene rings is 1. The van der Waals surface area contributed by atoms with Crippen LogP contribution in [0, 0.1) is 21.4 Å². The van der Waals surface area contributed by atoms with Crippen molar-refractivity contribution in [3.05, 3.63) is 33.9 Å². The summed E-state index contributed by atoms with van der Waals surface area (Å²) in [7, 11) is 4.88. The molecule has 0 spiro atoms. The molecule has 1 amide bonds. The molecular weight excluding hydrogens is 260 g/mol. The van der Waals surface area contributed by atoms with Crippen molar-refractivity contribution in [3.8, 4) is 6.07 Å². The number of nitro groups is 1. The number of nitrogens with zero attached hydrogens (tertiary/aromatic N) is 4. The second kappa shape index (κ2) is 6.52. The zero-order chi connectivity index (χ0) is 15.3. The standard InChI is InChI=1S/C13H16N4O3/c1-15(2)13(18)10-5-6-11(17(19)20)12(9-10)16(3)8-4-7-14/h5-6,9H,4,8H2,1-3H3. The Bertz CT molecular complexity index is 563. The zero-order valence-corrected chi connectivity index (χ0v) is 11.7. The quantitative estimate of drug-likeness (QED) is 0.602. The van der Waals surface area contributed by atoms with Crippen molar-refractivity contribution in [2.45, 2.75) is 6.42 Å². The van der Waals surface area contributed by atoms with Crippen molar-refractivity contribution in [2.75, 3.05) is 32.6 Å². The zero-order valence-electron chi connectivity index (χ0n) is 11.7. The third-order valence-electron chi connectivity index (χ3n) is 2.80. The molecule has 0 unspecified atom stereocenters. The Morgan fingerprint density at radius 1 is 1.40 bits per heavy atom. The summed E-state index contributed by atoms with van der Waals surface area (Å²) >= 11 is 0. The molecule has 1 aromatic carbocycles. The van der Waals surface area contributed by atoms with Gasteiger partial charge in [-0.1, -0.05) is 0 Å². The smallest absolute Gasteiger partial charge is 0.292 e. The third kappa shape index (κ3) is 3.45. The van der Waals surface area contributed by atoms with Crippen LogP contribution in [0.1, 0.15) is 16.8 Å². The molecule has 0 bridgehead atoms. The number of rotatable bonds is 5. The summed E-state index contributed by atoms with van der Waals surface area (Å²) in [5, 5.41) is 19.6. The SMILES string of the molecule is CN(C)C(=O)c1ccc([N+](=O)[O-])c(N(C)CCC#N)c1. The molecule has 0 radical (unpaired) electrons. The van der Waals surface area contributed by atoms with Crippen LogP contribution in [-0.4, -0.2) is 43.4 Å². The summed E-state index contributed by atoms with van der Waals surface area (Å²) in [5.41, 5.74) is 0.623. The van der Waals surface area contributed by atoms with Gasteiger partial charge in [0.15, 0.2) is 0 Å². The van der Waals surface area contributed by atoms with Gasteiger partial charge < -0.3 is 9.80 Å². The molecule has 0 aliphatic heterocycles. The largest absolute Gasteiger partial charge is 0.368 e. The van der Waals surface area contributed by atoms with Crippen molar-refractivity contribution < 1.29 is 9.72 Å². The molecule has 0 aliphatic rings. The number of nitriles is 1. The van der Waals surface area contributed by atoms with Gasteiger partial charge in [-0.15, -0.1) is 0 Å². The Labute approximate surface area is 117 Å². The fourth-order valence-corrected chi connectivity index (χ4v) is 1.71. The van der Waals surface area contributed by atoms with Gasteiger partial charge in [0.25, 0.3) is 11.6 Å². The number of hydrogen-bond acceptors (Lipinski definition) is 5. The average molecular weight is 276 g/mol. The predicted molar refractivity (Wildman–Crippen MR) is 74.6 cm³/mol. The average Bonchev–Trinajstić information content (AvgIpc) is 2.42. The fraction of sp³-hybridized carbons (Fsp3) is 0.385. The van der Waals surface area contributed by atoms with Crippen molar-refractivity contribution in [3.63, 3.8) is 0 Å². The highest BCUT2D eigenvalue weighted by Crippen LogP contribution is 2.28. The predicted octanol–water partition coefficient (Wildman–Crippen LogP) is 1.65. The first-order chi connectivity index (χ1) is 9.38. The van der Waals surface area contributed by atoms with Crippen molar-refractivity contribution in [1.82, 2.24) is 4.90 Å². The monoisotopic (exact) mass is 276 g/mol. The molecule has 0 aliphatic carbocycles. The maximum absolute atomic E-state index is 11.9. The summed E-state index contributed by atoms with van der Waals surface area (Å²) in [6.07, 6.45) is 0.250. The van der Waals surface area contributed by atoms with Crippen LogP contribution in [0.5, 0.6) is 0 Å². The number of hydrogen-bond donors (Lipinski definition) is 0. The number of carbonyl (C=O) groups is 1. The summed E-state index contributed by atoms with van der Waals surface area (Å²) < 4.78 is 0. The number of nitro benzene ring substituents is 1. The molecule has 0 fully saturated rings. The summed E-state index contributed by atoms with van der Waals surface area (Å²) in [6.45, 7) is 0.358. The molecule has 0 atom stereocenters. The van der Waals surface area contributed by atoms with Crippen molar-refractivity contribution in [1.29, 1.82) is 5.26 Å². The molecule has 20 heavy (non-hydrogen) atoms. The van der Waals surface area contributed by atoms with E-state index >= 15 is 0 Å². The number of carbonyl (C=O) groups excluding carboxylic acids is 1. The first-order valence-corrected chi connectivity index (χ1v) is 5.96. The molecule has 0 aromatic heterocycles. The molecule has 0 saturated heterocycles. The third-order valence-corrected chi connectivity index (χ3v) is 2.80. The Morgan fingerprint density at radius 3 is 2.55 bits per heavy atom. The van der Waals surface area contributed by atoms with Crippen LogP contribution < -0.4 is 4.90 Å². The summed E-state index contributed by atoms with van der Waals surface area (Å²) in [4.78, 5) is 25.4. The molecular formula is C13H16N4O3. The first-order valence-electron chi connectivity index (χ1n) is 5.96. The normalized spacial score (nSPS) is 9.70. The van der Waals surface area contributed by atoms with Crippen LogP contribution in [0.2, 0.25) is 0 Å². The van der Waals surface area contributed by atoms with Crippen LogP contribution in [0.25, 0.3) is 0 Å². The number of amides is 1. The summed E-state index contributed by atoms with van der Waals surface area (Å²) in [5.74, 6) is -0.227. The molecule has 1 aromatic rings. The molecule has 7 heteroatoms. The van der Waals surface area contributed by atoms with Gasteiger partial charge in [0, 0.05) is 39.3 Å². The van der Waals surface area contributed by atoms with Crippen LogP contribution in [-0.2, 0) is 0 Å². The maximum Gasteiger partial charge on any atom is 0.292 e. The molecule has 0 heterocycles. The van der Waals surface area contributed by atoms with E-state index in [-0.39, 0.29) is 18.0 Å². The van der Waals surface area contributed by atoms with Gasteiger partial charge in [-0.3, -0.25) is 14.9 Å². The van der Waals surface area contributed by atoms with Gasteiger partial charge in [-0.05, 0) is 12.1 Å². The minimum Gasteiger partial charge on any atom is -0.368 e.